The molecule has 0 aliphatic carbocycles. The minimum Gasteiger partial charge on any atom is -0.431 e. The summed E-state index contributed by atoms with van der Waals surface area (Å²) in [5.74, 6) is 0. The first kappa shape index (κ1) is 11.4. The molecule has 0 bridgehead atoms. The smallest absolute Gasteiger partial charge is 0.431 e. The van der Waals surface area contributed by atoms with Crippen molar-refractivity contribution in [2.75, 3.05) is 6.61 Å². The molecule has 1 aromatic rings. The van der Waals surface area contributed by atoms with Crippen LogP contribution in [0.2, 0.25) is 0 Å². The maximum atomic E-state index is 11.3. The van der Waals surface area contributed by atoms with Crippen molar-refractivity contribution in [1.82, 2.24) is 4.57 Å². The van der Waals surface area contributed by atoms with Crippen molar-refractivity contribution in [1.29, 1.82) is 0 Å². The zero-order valence-corrected chi connectivity index (χ0v) is 8.11. The van der Waals surface area contributed by atoms with Crippen molar-refractivity contribution in [3.05, 3.63) is 25.3 Å². The van der Waals surface area contributed by atoms with Crippen LogP contribution in [0.5, 0.6) is 0 Å². The van der Waals surface area contributed by atoms with Crippen molar-refractivity contribution in [2.24, 2.45) is 0 Å². The minimum absolute atomic E-state index is 0.00549. The predicted octanol–water partition coefficient (Wildman–Crippen LogP) is -0.438. The van der Waals surface area contributed by atoms with Crippen LogP contribution in [0.3, 0.4) is 0 Å². The van der Waals surface area contributed by atoms with Gasteiger partial charge < -0.3 is 14.9 Å². The highest BCUT2D eigenvalue weighted by Gasteiger charge is 2.13. The molecular weight excluding hydrogens is 200 g/mol. The van der Waals surface area contributed by atoms with Gasteiger partial charge in [0.2, 0.25) is 0 Å². The Kier molecular flexibility index (Phi) is 4.02. The van der Waals surface area contributed by atoms with Crippen LogP contribution >= 0.6 is 0 Å². The maximum absolute atomic E-state index is 11.3. The third-order valence-electron chi connectivity index (χ3n) is 1.68. The van der Waals surface area contributed by atoms with E-state index in [0.717, 1.165) is 0 Å². The van der Waals surface area contributed by atoms with Gasteiger partial charge >= 0.3 is 6.09 Å². The zero-order chi connectivity index (χ0) is 11.3. The molecular formula is C9H13N2O4+. The molecule has 0 amide bonds. The van der Waals surface area contributed by atoms with E-state index in [0.29, 0.717) is 0 Å². The fourth-order valence-electron chi connectivity index (χ4n) is 0.912. The fourth-order valence-corrected chi connectivity index (χ4v) is 0.912. The topological polar surface area (TPSA) is 75.6 Å². The molecule has 0 aliphatic heterocycles. The van der Waals surface area contributed by atoms with Crippen LogP contribution in [0.15, 0.2) is 25.3 Å². The molecule has 0 radical (unpaired) electrons. The van der Waals surface area contributed by atoms with E-state index in [1.54, 1.807) is 10.8 Å². The number of rotatable bonds is 4. The minimum atomic E-state index is -1.46. The third kappa shape index (κ3) is 3.53. The molecule has 1 heterocycles. The van der Waals surface area contributed by atoms with E-state index >= 15 is 0 Å². The van der Waals surface area contributed by atoms with E-state index in [2.05, 4.69) is 6.58 Å². The van der Waals surface area contributed by atoms with Crippen LogP contribution < -0.4 is 4.57 Å². The van der Waals surface area contributed by atoms with Crippen molar-refractivity contribution < 1.29 is 24.3 Å². The van der Waals surface area contributed by atoms with Gasteiger partial charge in [-0.05, 0) is 0 Å². The Morgan fingerprint density at radius 2 is 2.40 bits per heavy atom. The summed E-state index contributed by atoms with van der Waals surface area (Å²) in [4.78, 5) is 11.3. The molecule has 0 unspecified atom stereocenters. The Bertz CT molecular complexity index is 346. The van der Waals surface area contributed by atoms with E-state index < -0.39 is 12.4 Å². The Hall–Kier alpha value is -1.66. The quantitative estimate of drug-likeness (QED) is 0.525. The average molecular weight is 213 g/mol. The van der Waals surface area contributed by atoms with Gasteiger partial charge in [0, 0.05) is 6.42 Å². The first-order valence-corrected chi connectivity index (χ1v) is 4.38. The Balaban J connectivity index is 2.43. The lowest BCUT2D eigenvalue weighted by atomic mass is 10.4. The second kappa shape index (κ2) is 5.28. The van der Waals surface area contributed by atoms with Crippen molar-refractivity contribution in [2.45, 2.75) is 12.7 Å². The molecule has 1 aromatic heterocycles. The number of imidazole rings is 1. The zero-order valence-electron chi connectivity index (χ0n) is 8.11. The van der Waals surface area contributed by atoms with Gasteiger partial charge in [0.1, 0.15) is 19.0 Å². The molecule has 0 atom stereocenters. The van der Waals surface area contributed by atoms with Gasteiger partial charge in [0.15, 0.2) is 6.29 Å². The van der Waals surface area contributed by atoms with E-state index in [1.807, 2.05) is 0 Å². The number of hydrogen-bond acceptors (Lipinski definition) is 4. The highest BCUT2D eigenvalue weighted by atomic mass is 16.6. The number of aliphatic hydroxyl groups excluding tert-OH is 1. The van der Waals surface area contributed by atoms with Gasteiger partial charge in [-0.15, -0.1) is 4.57 Å². The van der Waals surface area contributed by atoms with Crippen LogP contribution in [0.25, 0.3) is 6.20 Å². The summed E-state index contributed by atoms with van der Waals surface area (Å²) in [7, 11) is 0. The van der Waals surface area contributed by atoms with Crippen LogP contribution in [-0.2, 0) is 4.74 Å². The molecule has 6 nitrogen and oxygen atoms in total. The van der Waals surface area contributed by atoms with Crippen LogP contribution in [-0.4, -0.2) is 33.8 Å². The fraction of sp³-hybridized carbons (Fsp3) is 0.333. The van der Waals surface area contributed by atoms with E-state index in [4.69, 9.17) is 14.9 Å². The normalized spacial score (nSPS) is 10.3. The summed E-state index contributed by atoms with van der Waals surface area (Å²) in [5.41, 5.74) is 0. The first-order chi connectivity index (χ1) is 7.13. The molecule has 82 valence electrons. The number of aliphatic hydroxyl groups is 2. The van der Waals surface area contributed by atoms with Gasteiger partial charge in [-0.1, -0.05) is 6.58 Å². The SMILES string of the molecule is C=Cn1cc[n+](C(=O)OCCC(O)O)c1. The van der Waals surface area contributed by atoms with Crippen LogP contribution in [0, 0.1) is 0 Å². The predicted molar refractivity (Wildman–Crippen MR) is 50.6 cm³/mol. The molecule has 0 aromatic carbocycles. The van der Waals surface area contributed by atoms with Crippen LogP contribution in [0.1, 0.15) is 6.42 Å². The standard InChI is InChI=1S/C9H13N2O4/c1-2-10-4-5-11(7-10)9(14)15-6-3-8(12)13/h2,4-5,7-8,12-13H,1,3,6H2/q+1. The Morgan fingerprint density at radius 3 is 2.93 bits per heavy atom. The number of hydrogen-bond donors (Lipinski definition) is 2. The van der Waals surface area contributed by atoms with Crippen molar-refractivity contribution in [3.63, 3.8) is 0 Å². The maximum Gasteiger partial charge on any atom is 0.511 e. The number of nitrogens with zero attached hydrogens (tertiary/aromatic N) is 2. The van der Waals surface area contributed by atoms with Crippen LogP contribution in [0.4, 0.5) is 4.79 Å². The number of aromatic nitrogens is 2. The highest BCUT2D eigenvalue weighted by Crippen LogP contribution is 1.89. The molecule has 0 aliphatic rings. The number of carbonyl (C=O) groups excluding carboxylic acids is 1. The summed E-state index contributed by atoms with van der Waals surface area (Å²) >= 11 is 0. The molecule has 1 rings (SSSR count). The second-order valence-corrected chi connectivity index (χ2v) is 2.83. The molecule has 0 spiro atoms. The van der Waals surface area contributed by atoms with E-state index in [1.165, 1.54) is 23.3 Å². The summed E-state index contributed by atoms with van der Waals surface area (Å²) in [6.45, 7) is 3.48. The average Bonchev–Trinajstić information content (AvgIpc) is 2.65. The number of ether oxygens (including phenoxy) is 1. The third-order valence-corrected chi connectivity index (χ3v) is 1.68. The molecule has 15 heavy (non-hydrogen) atoms. The molecule has 0 saturated carbocycles. The van der Waals surface area contributed by atoms with Crippen molar-refractivity contribution in [3.8, 4) is 0 Å². The van der Waals surface area contributed by atoms with Gasteiger partial charge in [0.25, 0.3) is 6.33 Å². The van der Waals surface area contributed by atoms with Gasteiger partial charge in [-0.3, -0.25) is 0 Å². The lowest BCUT2D eigenvalue weighted by Gasteiger charge is -2.02. The summed E-state index contributed by atoms with van der Waals surface area (Å²) < 4.78 is 7.57. The summed E-state index contributed by atoms with van der Waals surface area (Å²) in [5, 5.41) is 17.0. The Labute approximate surface area is 86.6 Å². The lowest BCUT2D eigenvalue weighted by molar-refractivity contribution is -0.585. The lowest BCUT2D eigenvalue weighted by Crippen LogP contribution is -2.41. The largest absolute Gasteiger partial charge is 0.511 e. The van der Waals surface area contributed by atoms with E-state index in [9.17, 15) is 4.79 Å². The molecule has 2 N–H and O–H groups in total. The van der Waals surface area contributed by atoms with Gasteiger partial charge in [0.05, 0.1) is 6.20 Å². The molecule has 0 fully saturated rings. The monoisotopic (exact) mass is 213 g/mol. The number of carbonyl (C=O) groups is 1. The van der Waals surface area contributed by atoms with E-state index in [-0.39, 0.29) is 13.0 Å². The summed E-state index contributed by atoms with van der Waals surface area (Å²) in [6, 6.07) is 0. The Morgan fingerprint density at radius 1 is 1.67 bits per heavy atom. The molecule has 0 saturated heterocycles. The van der Waals surface area contributed by atoms with Gasteiger partial charge in [-0.25, -0.2) is 4.57 Å². The highest BCUT2D eigenvalue weighted by molar-refractivity contribution is 5.56. The first-order valence-electron chi connectivity index (χ1n) is 4.38. The van der Waals surface area contributed by atoms with Gasteiger partial charge in [-0.2, -0.15) is 4.79 Å². The molecule has 6 heteroatoms. The second-order valence-electron chi connectivity index (χ2n) is 2.83. The van der Waals surface area contributed by atoms with Crippen molar-refractivity contribution >= 4 is 12.3 Å². The summed E-state index contributed by atoms with van der Waals surface area (Å²) in [6.07, 6.45) is 4.13.